The van der Waals surface area contributed by atoms with E-state index in [1.54, 1.807) is 33.5 Å². The molecule has 1 aromatic carbocycles. The summed E-state index contributed by atoms with van der Waals surface area (Å²) in [6.07, 6.45) is 7.51. The third-order valence-corrected chi connectivity index (χ3v) is 6.48. The second kappa shape index (κ2) is 8.03. The van der Waals surface area contributed by atoms with E-state index in [-0.39, 0.29) is 5.91 Å². The molecule has 0 spiro atoms. The maximum atomic E-state index is 13.0. The Labute approximate surface area is 167 Å². The van der Waals surface area contributed by atoms with Crippen molar-refractivity contribution in [3.05, 3.63) is 29.8 Å². The minimum atomic E-state index is 0.0155. The van der Waals surface area contributed by atoms with E-state index >= 15 is 0 Å². The molecule has 28 heavy (non-hydrogen) atoms. The minimum Gasteiger partial charge on any atom is -0.493 e. The zero-order chi connectivity index (χ0) is 19.7. The Morgan fingerprint density at radius 3 is 2.14 bits per heavy atom. The lowest BCUT2D eigenvalue weighted by Gasteiger charge is -2.37. The van der Waals surface area contributed by atoms with Gasteiger partial charge in [-0.1, -0.05) is 12.2 Å². The van der Waals surface area contributed by atoms with E-state index in [0.29, 0.717) is 22.8 Å². The number of fused-ring (bicyclic) bond motifs is 2. The predicted octanol–water partition coefficient (Wildman–Crippen LogP) is 2.68. The van der Waals surface area contributed by atoms with Crippen LogP contribution in [0.15, 0.2) is 24.3 Å². The Morgan fingerprint density at radius 1 is 0.964 bits per heavy atom. The molecule has 1 saturated heterocycles. The molecule has 0 radical (unpaired) electrons. The van der Waals surface area contributed by atoms with Crippen LogP contribution in [0.3, 0.4) is 0 Å². The summed E-state index contributed by atoms with van der Waals surface area (Å²) in [7, 11) is 4.69. The Kier molecular flexibility index (Phi) is 5.49. The van der Waals surface area contributed by atoms with Gasteiger partial charge < -0.3 is 19.1 Å². The smallest absolute Gasteiger partial charge is 0.254 e. The normalized spacial score (nSPS) is 26.5. The molecule has 1 heterocycles. The molecule has 0 aromatic heterocycles. The number of ether oxygens (including phenoxy) is 3. The van der Waals surface area contributed by atoms with Crippen molar-refractivity contribution in [1.82, 2.24) is 9.80 Å². The van der Waals surface area contributed by atoms with Crippen molar-refractivity contribution in [2.45, 2.75) is 12.8 Å². The van der Waals surface area contributed by atoms with Crippen LogP contribution in [-0.4, -0.2) is 69.8 Å². The van der Waals surface area contributed by atoms with Crippen LogP contribution in [0.4, 0.5) is 0 Å². The van der Waals surface area contributed by atoms with Gasteiger partial charge in [0.15, 0.2) is 11.5 Å². The Morgan fingerprint density at radius 2 is 1.64 bits per heavy atom. The number of methoxy groups -OCH3 is 3. The van der Waals surface area contributed by atoms with Crippen LogP contribution in [0.1, 0.15) is 23.2 Å². The van der Waals surface area contributed by atoms with Gasteiger partial charge in [-0.05, 0) is 42.7 Å². The molecule has 2 bridgehead atoms. The molecule has 3 atom stereocenters. The fourth-order valence-electron chi connectivity index (χ4n) is 4.96. The molecule has 2 fully saturated rings. The van der Waals surface area contributed by atoms with E-state index < -0.39 is 0 Å². The van der Waals surface area contributed by atoms with Crippen LogP contribution in [0.5, 0.6) is 17.2 Å². The van der Waals surface area contributed by atoms with Crippen LogP contribution < -0.4 is 14.2 Å². The van der Waals surface area contributed by atoms with Crippen LogP contribution >= 0.6 is 0 Å². The van der Waals surface area contributed by atoms with Gasteiger partial charge in [0, 0.05) is 38.3 Å². The summed E-state index contributed by atoms with van der Waals surface area (Å²) in [6.45, 7) is 4.55. The zero-order valence-corrected chi connectivity index (χ0v) is 17.0. The highest BCUT2D eigenvalue weighted by Crippen LogP contribution is 2.43. The first-order chi connectivity index (χ1) is 13.6. The molecule has 1 amide bonds. The number of carbonyl (C=O) groups excluding carboxylic acids is 1. The molecule has 3 aliphatic rings. The summed E-state index contributed by atoms with van der Waals surface area (Å²) >= 11 is 0. The van der Waals surface area contributed by atoms with E-state index in [4.69, 9.17) is 14.2 Å². The highest BCUT2D eigenvalue weighted by molar-refractivity contribution is 5.95. The number of hydrogen-bond donors (Lipinski definition) is 0. The molecule has 1 saturated carbocycles. The number of piperazine rings is 1. The van der Waals surface area contributed by atoms with Gasteiger partial charge in [-0.15, -0.1) is 0 Å². The summed E-state index contributed by atoms with van der Waals surface area (Å²) in [5.41, 5.74) is 0.571. The molecule has 1 aromatic rings. The lowest BCUT2D eigenvalue weighted by Crippen LogP contribution is -2.50. The number of carbonyl (C=O) groups is 1. The molecule has 152 valence electrons. The summed E-state index contributed by atoms with van der Waals surface area (Å²) < 4.78 is 16.1. The molecule has 0 unspecified atom stereocenters. The highest BCUT2D eigenvalue weighted by atomic mass is 16.5. The number of rotatable bonds is 6. The highest BCUT2D eigenvalue weighted by Gasteiger charge is 2.37. The molecule has 0 N–H and O–H groups in total. The monoisotopic (exact) mass is 386 g/mol. The van der Waals surface area contributed by atoms with Crippen molar-refractivity contribution in [3.8, 4) is 17.2 Å². The Hall–Kier alpha value is -2.21. The lowest BCUT2D eigenvalue weighted by atomic mass is 9.93. The molecule has 4 rings (SSSR count). The summed E-state index contributed by atoms with van der Waals surface area (Å²) in [6, 6.07) is 3.47. The van der Waals surface area contributed by atoms with E-state index in [1.807, 2.05) is 4.90 Å². The zero-order valence-electron chi connectivity index (χ0n) is 17.0. The van der Waals surface area contributed by atoms with Gasteiger partial charge in [0.2, 0.25) is 5.75 Å². The predicted molar refractivity (Wildman–Crippen MR) is 107 cm³/mol. The molecule has 6 heteroatoms. The lowest BCUT2D eigenvalue weighted by molar-refractivity contribution is 0.0609. The fourth-order valence-corrected chi connectivity index (χ4v) is 4.96. The van der Waals surface area contributed by atoms with E-state index in [1.165, 1.54) is 12.8 Å². The van der Waals surface area contributed by atoms with E-state index in [9.17, 15) is 4.79 Å². The maximum Gasteiger partial charge on any atom is 0.254 e. The average molecular weight is 386 g/mol. The average Bonchev–Trinajstić information content (AvgIpc) is 3.36. The van der Waals surface area contributed by atoms with Crippen molar-refractivity contribution in [2.75, 3.05) is 54.1 Å². The van der Waals surface area contributed by atoms with Crippen LogP contribution in [-0.2, 0) is 0 Å². The Bertz CT molecular complexity index is 730. The topological polar surface area (TPSA) is 51.2 Å². The summed E-state index contributed by atoms with van der Waals surface area (Å²) in [5, 5.41) is 0. The van der Waals surface area contributed by atoms with Crippen LogP contribution in [0.25, 0.3) is 0 Å². The first-order valence-corrected chi connectivity index (χ1v) is 10.1. The van der Waals surface area contributed by atoms with Gasteiger partial charge in [-0.25, -0.2) is 0 Å². The molecular weight excluding hydrogens is 356 g/mol. The van der Waals surface area contributed by atoms with Gasteiger partial charge in [0.05, 0.1) is 21.3 Å². The van der Waals surface area contributed by atoms with Gasteiger partial charge in [-0.3, -0.25) is 9.69 Å². The van der Waals surface area contributed by atoms with Crippen molar-refractivity contribution < 1.29 is 19.0 Å². The van der Waals surface area contributed by atoms with Gasteiger partial charge >= 0.3 is 0 Å². The van der Waals surface area contributed by atoms with Gasteiger partial charge in [-0.2, -0.15) is 0 Å². The fraction of sp³-hybridized carbons (Fsp3) is 0.591. The number of hydrogen-bond acceptors (Lipinski definition) is 5. The van der Waals surface area contributed by atoms with Gasteiger partial charge in [0.25, 0.3) is 5.91 Å². The summed E-state index contributed by atoms with van der Waals surface area (Å²) in [4.78, 5) is 17.5. The second-order valence-electron chi connectivity index (χ2n) is 8.05. The molecule has 6 nitrogen and oxygen atoms in total. The van der Waals surface area contributed by atoms with Crippen molar-refractivity contribution in [3.63, 3.8) is 0 Å². The molecule has 2 aliphatic carbocycles. The van der Waals surface area contributed by atoms with Gasteiger partial charge in [0.1, 0.15) is 0 Å². The maximum absolute atomic E-state index is 13.0. The molecule has 1 aliphatic heterocycles. The first-order valence-electron chi connectivity index (χ1n) is 10.1. The van der Waals surface area contributed by atoms with Crippen molar-refractivity contribution in [2.24, 2.45) is 17.8 Å². The summed E-state index contributed by atoms with van der Waals surface area (Å²) in [5.74, 6) is 3.93. The van der Waals surface area contributed by atoms with Crippen LogP contribution in [0.2, 0.25) is 0 Å². The SMILES string of the molecule is COc1cc(C(=O)N2CCN(C[C@H]3C[C@@H]4C=C[C@H]3C4)CC2)cc(OC)c1OC. The second-order valence-corrected chi connectivity index (χ2v) is 8.05. The Balaban J connectivity index is 1.38. The van der Waals surface area contributed by atoms with E-state index in [0.717, 1.165) is 50.5 Å². The van der Waals surface area contributed by atoms with Crippen LogP contribution in [0, 0.1) is 17.8 Å². The third kappa shape index (κ3) is 3.58. The number of amides is 1. The van der Waals surface area contributed by atoms with Crippen molar-refractivity contribution >= 4 is 5.91 Å². The molecular formula is C22H30N2O4. The number of benzene rings is 1. The number of nitrogens with zero attached hydrogens (tertiary/aromatic N) is 2. The van der Waals surface area contributed by atoms with E-state index in [2.05, 4.69) is 17.1 Å². The third-order valence-electron chi connectivity index (χ3n) is 6.48. The minimum absolute atomic E-state index is 0.0155. The quantitative estimate of drug-likeness (QED) is 0.704. The standard InChI is InChI=1S/C22H30N2O4/c1-26-19-12-17(13-20(27-2)21(19)28-3)22(25)24-8-6-23(7-9-24)14-18-11-15-4-5-16(18)10-15/h4-5,12-13,15-16,18H,6-11,14H2,1-3H3/t15-,16+,18-/m1/s1. The van der Waals surface area contributed by atoms with Crippen molar-refractivity contribution in [1.29, 1.82) is 0 Å². The number of allylic oxidation sites excluding steroid dienone is 2. The largest absolute Gasteiger partial charge is 0.493 e. The first kappa shape index (κ1) is 19.1.